The topological polar surface area (TPSA) is 55.0 Å². The number of hydrogen-bond donors (Lipinski definition) is 1. The van der Waals surface area contributed by atoms with Gasteiger partial charge in [-0.05, 0) is 25.1 Å². The van der Waals surface area contributed by atoms with E-state index in [1.165, 1.54) is 13.2 Å². The number of hydrogen-bond acceptors (Lipinski definition) is 3. The van der Waals surface area contributed by atoms with E-state index in [4.69, 9.17) is 0 Å². The van der Waals surface area contributed by atoms with Crippen LogP contribution in [0.4, 0.5) is 4.39 Å². The Morgan fingerprint density at radius 1 is 1.50 bits per heavy atom. The molecule has 0 atom stereocenters. The van der Waals surface area contributed by atoms with Crippen LogP contribution >= 0.6 is 15.9 Å². The zero-order valence-electron chi connectivity index (χ0n) is 9.75. The number of carbonyl (C=O) groups excluding carboxylic acids is 1. The van der Waals surface area contributed by atoms with Gasteiger partial charge in [-0.15, -0.1) is 0 Å². The van der Waals surface area contributed by atoms with Crippen molar-refractivity contribution in [1.82, 2.24) is 9.97 Å². The third kappa shape index (κ3) is 2.28. The molecule has 1 N–H and O–H groups in total. The van der Waals surface area contributed by atoms with Crippen LogP contribution in [0.2, 0.25) is 0 Å². The van der Waals surface area contributed by atoms with Crippen LogP contribution < -0.4 is 0 Å². The molecule has 0 bridgehead atoms. The zero-order valence-corrected chi connectivity index (χ0v) is 11.3. The SMILES string of the molecule is COC(=O)c1nc(-c2ccc(Br)cc2F)[nH]c1C. The third-order valence-corrected chi connectivity index (χ3v) is 2.94. The normalized spacial score (nSPS) is 10.4. The highest BCUT2D eigenvalue weighted by molar-refractivity contribution is 9.10. The van der Waals surface area contributed by atoms with Crippen molar-refractivity contribution >= 4 is 21.9 Å². The molecule has 0 unspecified atom stereocenters. The minimum atomic E-state index is -0.549. The first-order valence-corrected chi connectivity index (χ1v) is 5.92. The number of nitrogens with zero attached hydrogens (tertiary/aromatic N) is 1. The number of rotatable bonds is 2. The summed E-state index contributed by atoms with van der Waals surface area (Å²) in [5, 5.41) is 0. The Bertz CT molecular complexity index is 610. The van der Waals surface area contributed by atoms with Crippen molar-refractivity contribution < 1.29 is 13.9 Å². The minimum absolute atomic E-state index is 0.162. The number of aromatic nitrogens is 2. The van der Waals surface area contributed by atoms with Crippen molar-refractivity contribution in [3.63, 3.8) is 0 Å². The average Bonchev–Trinajstić information content (AvgIpc) is 2.70. The van der Waals surface area contributed by atoms with Crippen molar-refractivity contribution in [1.29, 1.82) is 0 Å². The Balaban J connectivity index is 2.49. The third-order valence-electron chi connectivity index (χ3n) is 2.45. The van der Waals surface area contributed by atoms with Gasteiger partial charge in [0.1, 0.15) is 11.6 Å². The number of carbonyl (C=O) groups is 1. The molecule has 1 aromatic heterocycles. The zero-order chi connectivity index (χ0) is 13.3. The molecule has 4 nitrogen and oxygen atoms in total. The van der Waals surface area contributed by atoms with Crippen LogP contribution in [0.15, 0.2) is 22.7 Å². The van der Waals surface area contributed by atoms with Crippen molar-refractivity contribution in [3.8, 4) is 11.4 Å². The lowest BCUT2D eigenvalue weighted by Gasteiger charge is -1.99. The highest BCUT2D eigenvalue weighted by Crippen LogP contribution is 2.24. The van der Waals surface area contributed by atoms with Gasteiger partial charge in [0.15, 0.2) is 5.69 Å². The highest BCUT2D eigenvalue weighted by Gasteiger charge is 2.17. The molecule has 18 heavy (non-hydrogen) atoms. The molecule has 0 radical (unpaired) electrons. The van der Waals surface area contributed by atoms with Crippen LogP contribution in [0.5, 0.6) is 0 Å². The van der Waals surface area contributed by atoms with Gasteiger partial charge >= 0.3 is 5.97 Å². The second kappa shape index (κ2) is 4.89. The van der Waals surface area contributed by atoms with Gasteiger partial charge in [0, 0.05) is 10.2 Å². The van der Waals surface area contributed by atoms with Crippen LogP contribution in [-0.4, -0.2) is 23.0 Å². The minimum Gasteiger partial charge on any atom is -0.464 e. The molecule has 0 aliphatic carbocycles. The molecule has 94 valence electrons. The molecule has 1 heterocycles. The van der Waals surface area contributed by atoms with Crippen LogP contribution in [0, 0.1) is 12.7 Å². The van der Waals surface area contributed by atoms with E-state index < -0.39 is 11.8 Å². The van der Waals surface area contributed by atoms with Crippen LogP contribution in [-0.2, 0) is 4.74 Å². The number of methoxy groups -OCH3 is 1. The first kappa shape index (κ1) is 12.8. The van der Waals surface area contributed by atoms with E-state index in [9.17, 15) is 9.18 Å². The molecule has 0 saturated heterocycles. The van der Waals surface area contributed by atoms with Gasteiger partial charge in [-0.1, -0.05) is 15.9 Å². The number of halogens is 2. The lowest BCUT2D eigenvalue weighted by atomic mass is 10.2. The Morgan fingerprint density at radius 2 is 2.22 bits per heavy atom. The second-order valence-corrected chi connectivity index (χ2v) is 4.59. The van der Waals surface area contributed by atoms with E-state index in [1.807, 2.05) is 0 Å². The van der Waals surface area contributed by atoms with Gasteiger partial charge in [-0.25, -0.2) is 14.2 Å². The van der Waals surface area contributed by atoms with Gasteiger partial charge in [0.05, 0.1) is 12.7 Å². The van der Waals surface area contributed by atoms with Crippen molar-refractivity contribution in [2.24, 2.45) is 0 Å². The van der Waals surface area contributed by atoms with Crippen molar-refractivity contribution in [3.05, 3.63) is 39.9 Å². The summed E-state index contributed by atoms with van der Waals surface area (Å²) in [6.07, 6.45) is 0. The maximum absolute atomic E-state index is 13.8. The summed E-state index contributed by atoms with van der Waals surface area (Å²) in [5.41, 5.74) is 1.01. The lowest BCUT2D eigenvalue weighted by Crippen LogP contribution is -2.03. The van der Waals surface area contributed by atoms with E-state index in [1.54, 1.807) is 19.1 Å². The molecule has 0 aliphatic heterocycles. The molecule has 0 fully saturated rings. The maximum atomic E-state index is 13.8. The quantitative estimate of drug-likeness (QED) is 0.867. The Kier molecular flexibility index (Phi) is 3.47. The van der Waals surface area contributed by atoms with E-state index in [-0.39, 0.29) is 5.69 Å². The molecule has 0 amide bonds. The molecule has 0 saturated carbocycles. The van der Waals surface area contributed by atoms with Crippen molar-refractivity contribution in [2.45, 2.75) is 6.92 Å². The van der Waals surface area contributed by atoms with E-state index in [0.29, 0.717) is 21.6 Å². The molecule has 1 aromatic carbocycles. The largest absolute Gasteiger partial charge is 0.464 e. The van der Waals surface area contributed by atoms with Gasteiger partial charge < -0.3 is 9.72 Å². The predicted molar refractivity (Wildman–Crippen MR) is 67.8 cm³/mol. The molecular weight excluding hydrogens is 303 g/mol. The number of ether oxygens (including phenoxy) is 1. The average molecular weight is 313 g/mol. The molecule has 0 spiro atoms. The fourth-order valence-electron chi connectivity index (χ4n) is 1.56. The molecular formula is C12H10BrFN2O2. The summed E-state index contributed by atoms with van der Waals surface area (Å²) < 4.78 is 19.0. The summed E-state index contributed by atoms with van der Waals surface area (Å²) in [4.78, 5) is 18.3. The monoisotopic (exact) mass is 312 g/mol. The number of aromatic amines is 1. The summed E-state index contributed by atoms with van der Waals surface area (Å²) in [6.45, 7) is 1.68. The summed E-state index contributed by atoms with van der Waals surface area (Å²) in [7, 11) is 1.27. The summed E-state index contributed by atoms with van der Waals surface area (Å²) in [6, 6.07) is 4.62. The number of imidazole rings is 1. The van der Waals surface area contributed by atoms with Gasteiger partial charge in [-0.3, -0.25) is 0 Å². The number of esters is 1. The van der Waals surface area contributed by atoms with Gasteiger partial charge in [0.25, 0.3) is 0 Å². The first-order valence-electron chi connectivity index (χ1n) is 5.13. The van der Waals surface area contributed by atoms with E-state index >= 15 is 0 Å². The summed E-state index contributed by atoms with van der Waals surface area (Å²) in [5.74, 6) is -0.667. The predicted octanol–water partition coefficient (Wildman–Crippen LogP) is 3.07. The Hall–Kier alpha value is -1.69. The maximum Gasteiger partial charge on any atom is 0.358 e. The standard InChI is InChI=1S/C12H10BrFN2O2/c1-6-10(12(17)18-2)16-11(15-6)8-4-3-7(13)5-9(8)14/h3-5H,1-2H3,(H,15,16). The molecule has 2 rings (SSSR count). The number of H-pyrrole nitrogens is 1. The first-order chi connectivity index (χ1) is 8.52. The second-order valence-electron chi connectivity index (χ2n) is 3.67. The van der Waals surface area contributed by atoms with Gasteiger partial charge in [0.2, 0.25) is 0 Å². The number of nitrogens with one attached hydrogen (secondary N) is 1. The Labute approximate surface area is 111 Å². The van der Waals surface area contributed by atoms with Crippen LogP contribution in [0.1, 0.15) is 16.2 Å². The highest BCUT2D eigenvalue weighted by atomic mass is 79.9. The number of aryl methyl sites for hydroxylation is 1. The fourth-order valence-corrected chi connectivity index (χ4v) is 1.90. The molecule has 2 aromatic rings. The van der Waals surface area contributed by atoms with E-state index in [0.717, 1.165) is 0 Å². The van der Waals surface area contributed by atoms with Crippen LogP contribution in [0.3, 0.4) is 0 Å². The number of benzene rings is 1. The van der Waals surface area contributed by atoms with Crippen molar-refractivity contribution in [2.75, 3.05) is 7.11 Å². The van der Waals surface area contributed by atoms with Gasteiger partial charge in [-0.2, -0.15) is 0 Å². The lowest BCUT2D eigenvalue weighted by molar-refractivity contribution is 0.0594. The van der Waals surface area contributed by atoms with Crippen LogP contribution in [0.25, 0.3) is 11.4 Å². The van der Waals surface area contributed by atoms with E-state index in [2.05, 4.69) is 30.6 Å². The Morgan fingerprint density at radius 3 is 2.83 bits per heavy atom. The fraction of sp³-hybridized carbons (Fsp3) is 0.167. The summed E-state index contributed by atoms with van der Waals surface area (Å²) >= 11 is 3.18. The molecule has 0 aliphatic rings. The smallest absolute Gasteiger partial charge is 0.358 e. The molecule has 6 heteroatoms.